The molecule has 27 valence electrons. The Morgan fingerprint density at radius 1 is 1.60 bits per heavy atom. The van der Waals surface area contributed by atoms with E-state index >= 15 is 0 Å². The van der Waals surface area contributed by atoms with Crippen LogP contribution >= 0.6 is 8.86 Å². The van der Waals surface area contributed by atoms with Gasteiger partial charge in [-0.1, -0.05) is 0 Å². The Bertz CT molecular complexity index is 48.9. The van der Waals surface area contributed by atoms with Crippen LogP contribution in [0.2, 0.25) is 0 Å². The van der Waals surface area contributed by atoms with Crippen molar-refractivity contribution in [2.45, 2.75) is 0 Å². The predicted octanol–water partition coefficient (Wildman–Crippen LogP) is 0.346. The summed E-state index contributed by atoms with van der Waals surface area (Å²) < 4.78 is 2.09. The van der Waals surface area contributed by atoms with Gasteiger partial charge < -0.3 is 0 Å². The van der Waals surface area contributed by atoms with Crippen molar-refractivity contribution in [1.29, 1.82) is 0 Å². The van der Waals surface area contributed by atoms with E-state index in [1.54, 1.807) is 0 Å². The van der Waals surface area contributed by atoms with Crippen LogP contribution in [0.15, 0.2) is 9.86 Å². The number of rotatable bonds is 1. The quantitative estimate of drug-likeness (QED) is 0.480. The van der Waals surface area contributed by atoms with Crippen LogP contribution in [0, 0.1) is 0 Å². The van der Waals surface area contributed by atoms with Crippen molar-refractivity contribution in [3.63, 3.8) is 0 Å². The van der Waals surface area contributed by atoms with Crippen LogP contribution in [0.1, 0.15) is 0 Å². The van der Waals surface area contributed by atoms with Gasteiger partial charge in [-0.15, -0.1) is 0 Å². The third kappa shape index (κ3) is 4.79. The molecule has 0 bridgehead atoms. The van der Waals surface area contributed by atoms with Crippen LogP contribution in [0.3, 0.4) is 0 Å². The minimum absolute atomic E-state index is 1.16. The summed E-state index contributed by atoms with van der Waals surface area (Å²) in [6.07, 6.45) is 1.98. The molecule has 0 fully saturated rings. The van der Waals surface area contributed by atoms with Crippen molar-refractivity contribution in [3.05, 3.63) is 9.86 Å². The van der Waals surface area contributed by atoms with Gasteiger partial charge in [0.15, 0.2) is 0 Å². The van der Waals surface area contributed by atoms with E-state index < -0.39 is 0 Å². The first-order valence-corrected chi connectivity index (χ1v) is 4.07. The Hall–Kier alpha value is 0.793. The molecule has 0 spiro atoms. The summed E-state index contributed by atoms with van der Waals surface area (Å²) in [6.45, 7) is 0. The van der Waals surface area contributed by atoms with E-state index in [0.717, 1.165) is 24.7 Å². The second kappa shape index (κ2) is 4.79. The van der Waals surface area contributed by atoms with Crippen LogP contribution in [0.5, 0.6) is 0 Å². The topological polar surface area (TPSA) is 0 Å². The van der Waals surface area contributed by atoms with Crippen molar-refractivity contribution < 1.29 is 0 Å². The molecule has 0 aliphatic heterocycles. The number of hydrogen-bond donors (Lipinski definition) is 0. The minimum atomic E-state index is 1.16. The molecule has 0 aromatic heterocycles. The summed E-state index contributed by atoms with van der Waals surface area (Å²) in [6, 6.07) is 0. The standard InChI is InChI=1S/C3H4P.Bi.H/c1-2-3-4;;/h1-4H;;. The Morgan fingerprint density at radius 3 is 2.20 bits per heavy atom. The molecule has 0 aromatic carbocycles. The summed E-state index contributed by atoms with van der Waals surface area (Å²) in [5.74, 6) is 1.84. The van der Waals surface area contributed by atoms with E-state index in [9.17, 15) is 0 Å². The van der Waals surface area contributed by atoms with Gasteiger partial charge in [0, 0.05) is 0 Å². The van der Waals surface area contributed by atoms with Crippen molar-refractivity contribution in [2.75, 3.05) is 0 Å². The molecule has 0 rings (SSSR count). The third-order valence-electron chi connectivity index (χ3n) is 0.192. The van der Waals surface area contributed by atoms with E-state index in [1.165, 1.54) is 0 Å². The van der Waals surface area contributed by atoms with Crippen molar-refractivity contribution in [3.8, 4) is 0 Å². The van der Waals surface area contributed by atoms with Gasteiger partial charge in [0.2, 0.25) is 0 Å². The average molecular weight is 281 g/mol. The molecule has 0 aromatic rings. The molecule has 0 amide bonds. The van der Waals surface area contributed by atoms with E-state index in [-0.39, 0.29) is 0 Å². The van der Waals surface area contributed by atoms with Crippen LogP contribution in [0.4, 0.5) is 0 Å². The Kier molecular flexibility index (Phi) is 5.55. The monoisotopic (exact) mass is 281 g/mol. The van der Waals surface area contributed by atoms with Gasteiger partial charge in [0.05, 0.1) is 0 Å². The Labute approximate surface area is 49.3 Å². The number of allylic oxidation sites excluding steroid dienone is 1. The van der Waals surface area contributed by atoms with Gasteiger partial charge in [0.1, 0.15) is 0 Å². The summed E-state index contributed by atoms with van der Waals surface area (Å²) >= 11 is 1.16. The molecule has 0 heterocycles. The number of hydrogen-bond acceptors (Lipinski definition) is 0. The molecular weight excluding hydrogens is 276 g/mol. The molecule has 0 unspecified atom stereocenters. The maximum atomic E-state index is 3.16. The molecule has 0 aliphatic carbocycles. The Morgan fingerprint density at radius 2 is 2.20 bits per heavy atom. The van der Waals surface area contributed by atoms with Crippen molar-refractivity contribution >= 4 is 39.4 Å². The molecule has 5 heavy (non-hydrogen) atoms. The second-order valence-corrected chi connectivity index (χ2v) is 2.15. The summed E-state index contributed by atoms with van der Waals surface area (Å²) in [4.78, 5) is 0. The molecule has 1 radical (unpaired) electrons. The van der Waals surface area contributed by atoms with Crippen LogP contribution in [-0.2, 0) is 0 Å². The fourth-order valence-corrected chi connectivity index (χ4v) is 1.27. The summed E-state index contributed by atoms with van der Waals surface area (Å²) in [5, 5.41) is 0. The average Bonchev–Trinajstić information content (AvgIpc) is 1.41. The van der Waals surface area contributed by atoms with Gasteiger partial charge in [0.25, 0.3) is 0 Å². The van der Waals surface area contributed by atoms with Gasteiger partial charge in [-0.3, -0.25) is 0 Å². The van der Waals surface area contributed by atoms with Gasteiger partial charge in [-0.2, -0.15) is 0 Å². The van der Waals surface area contributed by atoms with E-state index in [4.69, 9.17) is 0 Å². The van der Waals surface area contributed by atoms with Gasteiger partial charge >= 0.3 is 49.2 Å². The zero-order valence-corrected chi connectivity index (χ0v) is 7.62. The normalized spacial score (nSPS) is 9.00. The predicted molar refractivity (Wildman–Crippen MR) is 30.7 cm³/mol. The summed E-state index contributed by atoms with van der Waals surface area (Å²) in [7, 11) is 3.16. The molecule has 0 saturated heterocycles. The molecule has 2 heteroatoms. The first-order valence-electron chi connectivity index (χ1n) is 1.24. The van der Waals surface area contributed by atoms with E-state index in [2.05, 4.69) is 12.6 Å². The zero-order chi connectivity index (χ0) is 4.12. The fourth-order valence-electron chi connectivity index (χ4n) is 0.0481. The van der Waals surface area contributed by atoms with E-state index in [1.807, 2.05) is 11.9 Å². The van der Waals surface area contributed by atoms with E-state index in [0.29, 0.717) is 0 Å². The fraction of sp³-hybridized carbons (Fsp3) is 0. The maximum absolute atomic E-state index is 3.16. The third-order valence-corrected chi connectivity index (χ3v) is 1.13. The Balaban J connectivity index is 2.92. The van der Waals surface area contributed by atoms with Crippen LogP contribution in [-0.4, -0.2) is 30.5 Å². The molecular formula is C3H5BiP. The first-order chi connectivity index (χ1) is 2.41. The molecule has 0 aliphatic rings. The molecule has 0 nitrogen and oxygen atoms in total. The first kappa shape index (κ1) is 5.79. The van der Waals surface area contributed by atoms with Crippen LogP contribution < -0.4 is 0 Å². The van der Waals surface area contributed by atoms with Gasteiger partial charge in [-0.05, 0) is 0 Å². The zero-order valence-electron chi connectivity index (χ0n) is 2.73. The van der Waals surface area contributed by atoms with Crippen LogP contribution in [0.25, 0.3) is 0 Å². The van der Waals surface area contributed by atoms with Gasteiger partial charge in [-0.25, -0.2) is 0 Å². The van der Waals surface area contributed by atoms with Crippen molar-refractivity contribution in [1.82, 2.24) is 0 Å². The molecule has 0 N–H and O–H groups in total. The molecule has 0 atom stereocenters. The molecule has 0 saturated carbocycles. The SMILES string of the molecule is P=CC=[CH][BiH]. The summed E-state index contributed by atoms with van der Waals surface area (Å²) in [5.41, 5.74) is 0. The second-order valence-electron chi connectivity index (χ2n) is 0.526. The van der Waals surface area contributed by atoms with Crippen molar-refractivity contribution in [2.24, 2.45) is 0 Å².